The van der Waals surface area contributed by atoms with Crippen molar-refractivity contribution < 1.29 is 4.92 Å². The average molecular weight is 241 g/mol. The molecule has 1 saturated heterocycles. The summed E-state index contributed by atoms with van der Waals surface area (Å²) in [6.07, 6.45) is 0. The van der Waals surface area contributed by atoms with Gasteiger partial charge >= 0.3 is 5.00 Å². The molecule has 0 spiro atoms. The first kappa shape index (κ1) is 11.5. The second-order valence-electron chi connectivity index (χ2n) is 3.94. The molecular weight excluding hydrogens is 226 g/mol. The monoisotopic (exact) mass is 241 g/mol. The van der Waals surface area contributed by atoms with Gasteiger partial charge in [-0.1, -0.05) is 11.3 Å². The summed E-state index contributed by atoms with van der Waals surface area (Å²) in [5.74, 6) is 0. The van der Waals surface area contributed by atoms with Crippen LogP contribution in [-0.4, -0.2) is 36.0 Å². The molecule has 0 saturated carbocycles. The van der Waals surface area contributed by atoms with Crippen molar-refractivity contribution in [3.8, 4) is 0 Å². The normalized spacial score (nSPS) is 19.6. The molecule has 0 unspecified atom stereocenters. The second-order valence-corrected chi connectivity index (χ2v) is 4.83. The molecular formula is C10H15N3O2S. The lowest BCUT2D eigenvalue weighted by molar-refractivity contribution is -0.380. The minimum atomic E-state index is -0.321. The van der Waals surface area contributed by atoms with Gasteiger partial charge in [-0.05, 0) is 12.5 Å². The van der Waals surface area contributed by atoms with E-state index in [2.05, 4.69) is 17.1 Å². The number of hydrogen-bond acceptors (Lipinski definition) is 5. The van der Waals surface area contributed by atoms with Gasteiger partial charge in [0.05, 0.1) is 4.92 Å². The molecule has 5 nitrogen and oxygen atoms in total. The first-order valence-electron chi connectivity index (χ1n) is 5.36. The third kappa shape index (κ3) is 2.40. The van der Waals surface area contributed by atoms with Crippen LogP contribution in [-0.2, 0) is 0 Å². The predicted octanol–water partition coefficient (Wildman–Crippen LogP) is 1.62. The summed E-state index contributed by atoms with van der Waals surface area (Å²) in [5, 5.41) is 16.0. The highest BCUT2D eigenvalue weighted by molar-refractivity contribution is 7.13. The van der Waals surface area contributed by atoms with E-state index in [-0.39, 0.29) is 16.0 Å². The number of thiophene rings is 1. The summed E-state index contributed by atoms with van der Waals surface area (Å²) in [5.41, 5.74) is 1.05. The lowest BCUT2D eigenvalue weighted by Crippen LogP contribution is -2.44. The van der Waals surface area contributed by atoms with Crippen LogP contribution < -0.4 is 5.32 Å². The van der Waals surface area contributed by atoms with Gasteiger partial charge in [0.1, 0.15) is 0 Å². The SMILES string of the molecule is C[C@H](c1csc([N+](=O)[O-])c1)N1CCNCC1. The van der Waals surface area contributed by atoms with Crippen LogP contribution in [0.1, 0.15) is 18.5 Å². The molecule has 1 fully saturated rings. The largest absolute Gasteiger partial charge is 0.324 e. The zero-order chi connectivity index (χ0) is 11.5. The van der Waals surface area contributed by atoms with E-state index in [1.165, 1.54) is 11.3 Å². The van der Waals surface area contributed by atoms with Gasteiger partial charge in [-0.15, -0.1) is 0 Å². The molecule has 1 aromatic rings. The van der Waals surface area contributed by atoms with Gasteiger partial charge in [0.2, 0.25) is 0 Å². The Balaban J connectivity index is 2.07. The van der Waals surface area contributed by atoms with Gasteiger partial charge in [-0.3, -0.25) is 15.0 Å². The molecule has 1 aliphatic rings. The number of nitrogens with one attached hydrogen (secondary N) is 1. The van der Waals surface area contributed by atoms with Gasteiger partial charge in [0.25, 0.3) is 0 Å². The molecule has 1 aliphatic heterocycles. The summed E-state index contributed by atoms with van der Waals surface area (Å²) >= 11 is 1.21. The molecule has 0 aliphatic carbocycles. The Morgan fingerprint density at radius 2 is 2.25 bits per heavy atom. The van der Waals surface area contributed by atoms with Crippen molar-refractivity contribution in [2.45, 2.75) is 13.0 Å². The Bertz CT molecular complexity index is 374. The van der Waals surface area contributed by atoms with E-state index in [4.69, 9.17) is 0 Å². The molecule has 6 heteroatoms. The van der Waals surface area contributed by atoms with Crippen LogP contribution in [0.4, 0.5) is 5.00 Å². The standard InChI is InChI=1S/C10H15N3O2S/c1-8(12-4-2-11-3-5-12)9-6-10(13(14)15)16-7-9/h6-8,11H,2-5H2,1H3/t8-/m1/s1. The molecule has 0 amide bonds. The van der Waals surface area contributed by atoms with Gasteiger partial charge in [0, 0.05) is 43.7 Å². The van der Waals surface area contributed by atoms with Crippen LogP contribution in [0.2, 0.25) is 0 Å². The highest BCUT2D eigenvalue weighted by Crippen LogP contribution is 2.29. The average Bonchev–Trinajstić information content (AvgIpc) is 2.78. The minimum Gasteiger partial charge on any atom is -0.314 e. The summed E-state index contributed by atoms with van der Waals surface area (Å²) in [6, 6.07) is 1.96. The minimum absolute atomic E-state index is 0.233. The van der Waals surface area contributed by atoms with E-state index < -0.39 is 0 Å². The number of piperazine rings is 1. The van der Waals surface area contributed by atoms with Crippen molar-refractivity contribution in [3.05, 3.63) is 27.1 Å². The lowest BCUT2D eigenvalue weighted by Gasteiger charge is -2.32. The molecule has 0 radical (unpaired) electrons. The second kappa shape index (κ2) is 4.90. The smallest absolute Gasteiger partial charge is 0.314 e. The van der Waals surface area contributed by atoms with Crippen molar-refractivity contribution in [1.82, 2.24) is 10.2 Å². The quantitative estimate of drug-likeness (QED) is 0.645. The highest BCUT2D eigenvalue weighted by atomic mass is 32.1. The molecule has 1 atom stereocenters. The molecule has 1 N–H and O–H groups in total. The molecule has 0 bridgehead atoms. The van der Waals surface area contributed by atoms with Gasteiger partial charge in [-0.2, -0.15) is 0 Å². The Kier molecular flexibility index (Phi) is 3.52. The molecule has 2 heterocycles. The van der Waals surface area contributed by atoms with E-state index >= 15 is 0 Å². The van der Waals surface area contributed by atoms with Crippen LogP contribution in [0.25, 0.3) is 0 Å². The van der Waals surface area contributed by atoms with Crippen molar-refractivity contribution in [1.29, 1.82) is 0 Å². The topological polar surface area (TPSA) is 58.4 Å². The van der Waals surface area contributed by atoms with Gasteiger partial charge < -0.3 is 5.32 Å². The molecule has 2 rings (SSSR count). The van der Waals surface area contributed by atoms with Crippen molar-refractivity contribution in [2.75, 3.05) is 26.2 Å². The Labute approximate surface area is 98.2 Å². The van der Waals surface area contributed by atoms with E-state index in [1.54, 1.807) is 6.07 Å². The molecule has 1 aromatic heterocycles. The van der Waals surface area contributed by atoms with Crippen LogP contribution in [0.5, 0.6) is 0 Å². The first-order valence-corrected chi connectivity index (χ1v) is 6.24. The Hall–Kier alpha value is -0.980. The number of hydrogen-bond donors (Lipinski definition) is 1. The van der Waals surface area contributed by atoms with Crippen molar-refractivity contribution >= 4 is 16.3 Å². The maximum absolute atomic E-state index is 10.6. The molecule has 88 valence electrons. The maximum Gasteiger partial charge on any atom is 0.324 e. The van der Waals surface area contributed by atoms with E-state index in [9.17, 15) is 10.1 Å². The summed E-state index contributed by atoms with van der Waals surface area (Å²) in [7, 11) is 0. The maximum atomic E-state index is 10.6. The van der Waals surface area contributed by atoms with Gasteiger partial charge in [0.15, 0.2) is 0 Å². The number of nitrogens with zero attached hydrogens (tertiary/aromatic N) is 2. The van der Waals surface area contributed by atoms with Crippen LogP contribution in [0.3, 0.4) is 0 Å². The fourth-order valence-corrected chi connectivity index (χ4v) is 2.75. The summed E-state index contributed by atoms with van der Waals surface area (Å²) in [4.78, 5) is 12.6. The van der Waals surface area contributed by atoms with Crippen LogP contribution >= 0.6 is 11.3 Å². The van der Waals surface area contributed by atoms with Crippen molar-refractivity contribution in [2.24, 2.45) is 0 Å². The zero-order valence-corrected chi connectivity index (χ0v) is 10.00. The zero-order valence-electron chi connectivity index (χ0n) is 9.18. The molecule has 0 aromatic carbocycles. The fraction of sp³-hybridized carbons (Fsp3) is 0.600. The van der Waals surface area contributed by atoms with E-state index in [0.29, 0.717) is 0 Å². The van der Waals surface area contributed by atoms with E-state index in [1.807, 2.05) is 5.38 Å². The first-order chi connectivity index (χ1) is 7.68. The van der Waals surface area contributed by atoms with Gasteiger partial charge in [-0.25, -0.2) is 0 Å². The van der Waals surface area contributed by atoms with Crippen LogP contribution in [0, 0.1) is 10.1 Å². The fourth-order valence-electron chi connectivity index (χ4n) is 1.93. The summed E-state index contributed by atoms with van der Waals surface area (Å²) < 4.78 is 0. The third-order valence-corrected chi connectivity index (χ3v) is 3.87. The Morgan fingerprint density at radius 1 is 1.56 bits per heavy atom. The van der Waals surface area contributed by atoms with Crippen molar-refractivity contribution in [3.63, 3.8) is 0 Å². The van der Waals surface area contributed by atoms with E-state index in [0.717, 1.165) is 31.7 Å². The van der Waals surface area contributed by atoms with Crippen LogP contribution in [0.15, 0.2) is 11.4 Å². The number of nitro groups is 1. The highest BCUT2D eigenvalue weighted by Gasteiger charge is 2.21. The third-order valence-electron chi connectivity index (χ3n) is 2.97. The lowest BCUT2D eigenvalue weighted by atomic mass is 10.1. The number of rotatable bonds is 3. The predicted molar refractivity (Wildman–Crippen MR) is 63.8 cm³/mol. The molecule has 16 heavy (non-hydrogen) atoms. The Morgan fingerprint density at radius 3 is 2.81 bits per heavy atom. The summed E-state index contributed by atoms with van der Waals surface area (Å²) in [6.45, 7) is 6.11.